The smallest absolute Gasteiger partial charge is 0.307 e. The van der Waals surface area contributed by atoms with Crippen molar-refractivity contribution in [1.82, 2.24) is 5.32 Å². The number of amides is 1. The maximum Gasteiger partial charge on any atom is 0.307 e. The molecule has 1 aromatic carbocycles. The van der Waals surface area contributed by atoms with Gasteiger partial charge in [0.25, 0.3) is 5.91 Å². The molecule has 4 nitrogen and oxygen atoms in total. The molecule has 0 atom stereocenters. The fourth-order valence-electron chi connectivity index (χ4n) is 1.29. The van der Waals surface area contributed by atoms with E-state index in [1.807, 2.05) is 0 Å². The molecule has 0 aromatic heterocycles. The van der Waals surface area contributed by atoms with Crippen molar-refractivity contribution in [1.29, 1.82) is 0 Å². The van der Waals surface area contributed by atoms with Gasteiger partial charge in [-0.05, 0) is 19.1 Å². The van der Waals surface area contributed by atoms with Gasteiger partial charge in [0, 0.05) is 6.54 Å². The van der Waals surface area contributed by atoms with Crippen LogP contribution >= 0.6 is 23.2 Å². The Morgan fingerprint density at radius 3 is 2.72 bits per heavy atom. The van der Waals surface area contributed by atoms with Gasteiger partial charge in [-0.25, -0.2) is 0 Å². The van der Waals surface area contributed by atoms with Gasteiger partial charge in [0.1, 0.15) is 0 Å². The summed E-state index contributed by atoms with van der Waals surface area (Å²) in [5.74, 6) is -0.721. The van der Waals surface area contributed by atoms with E-state index in [1.165, 1.54) is 0 Å². The summed E-state index contributed by atoms with van der Waals surface area (Å²) in [6, 6.07) is 4.79. The van der Waals surface area contributed by atoms with Crippen molar-refractivity contribution in [3.05, 3.63) is 33.8 Å². The minimum atomic E-state index is -0.369. The molecule has 0 heterocycles. The Kier molecular flexibility index (Phi) is 5.95. The second kappa shape index (κ2) is 7.24. The maximum absolute atomic E-state index is 11.8. The Labute approximate surface area is 115 Å². The standard InChI is InChI=1S/C12H13Cl2NO3/c1-2-18-10(16)6-7-15-12(17)8-4-3-5-9(13)11(8)14/h3-5H,2,6-7H2,1H3,(H,15,17). The number of carbonyl (C=O) groups excluding carboxylic acids is 2. The number of benzene rings is 1. The molecule has 0 fully saturated rings. The van der Waals surface area contributed by atoms with Gasteiger partial charge in [-0.2, -0.15) is 0 Å². The molecule has 0 spiro atoms. The van der Waals surface area contributed by atoms with E-state index in [4.69, 9.17) is 27.9 Å². The lowest BCUT2D eigenvalue weighted by Crippen LogP contribution is -2.26. The first-order valence-electron chi connectivity index (χ1n) is 5.44. The van der Waals surface area contributed by atoms with Crippen LogP contribution in [0.25, 0.3) is 0 Å². The fourth-order valence-corrected chi connectivity index (χ4v) is 1.67. The average molecular weight is 290 g/mol. The van der Waals surface area contributed by atoms with Crippen LogP contribution in [0.1, 0.15) is 23.7 Å². The summed E-state index contributed by atoms with van der Waals surface area (Å²) in [7, 11) is 0. The lowest BCUT2D eigenvalue weighted by Gasteiger charge is -2.07. The molecule has 1 aromatic rings. The highest BCUT2D eigenvalue weighted by molar-refractivity contribution is 6.43. The normalized spacial score (nSPS) is 9.94. The zero-order valence-electron chi connectivity index (χ0n) is 9.83. The first-order valence-corrected chi connectivity index (χ1v) is 6.19. The largest absolute Gasteiger partial charge is 0.466 e. The molecule has 0 radical (unpaired) electrons. The quantitative estimate of drug-likeness (QED) is 0.848. The molecule has 6 heteroatoms. The minimum Gasteiger partial charge on any atom is -0.466 e. The SMILES string of the molecule is CCOC(=O)CCNC(=O)c1cccc(Cl)c1Cl. The van der Waals surface area contributed by atoms with Crippen molar-refractivity contribution < 1.29 is 14.3 Å². The monoisotopic (exact) mass is 289 g/mol. The van der Waals surface area contributed by atoms with Crippen LogP contribution in [0.4, 0.5) is 0 Å². The molecule has 0 aliphatic rings. The van der Waals surface area contributed by atoms with Gasteiger partial charge in [-0.1, -0.05) is 29.3 Å². The molecule has 0 saturated carbocycles. The molecule has 0 aliphatic heterocycles. The Bertz CT molecular complexity index is 449. The van der Waals surface area contributed by atoms with E-state index < -0.39 is 0 Å². The molecule has 1 rings (SSSR count). The lowest BCUT2D eigenvalue weighted by molar-refractivity contribution is -0.142. The number of rotatable bonds is 5. The Hall–Kier alpha value is -1.26. The van der Waals surface area contributed by atoms with Crippen LogP contribution in [0.3, 0.4) is 0 Å². The summed E-state index contributed by atoms with van der Waals surface area (Å²) >= 11 is 11.7. The first-order chi connectivity index (χ1) is 8.56. The summed E-state index contributed by atoms with van der Waals surface area (Å²) in [4.78, 5) is 22.8. The van der Waals surface area contributed by atoms with Gasteiger partial charge in [0.15, 0.2) is 0 Å². The van der Waals surface area contributed by atoms with E-state index >= 15 is 0 Å². The molecule has 0 saturated heterocycles. The minimum absolute atomic E-state index is 0.123. The second-order valence-electron chi connectivity index (χ2n) is 3.41. The zero-order valence-corrected chi connectivity index (χ0v) is 11.3. The van der Waals surface area contributed by atoms with Crippen LogP contribution in [0.2, 0.25) is 10.0 Å². The van der Waals surface area contributed by atoms with Crippen LogP contribution in [0, 0.1) is 0 Å². The summed E-state index contributed by atoms with van der Waals surface area (Å²) in [5.41, 5.74) is 0.285. The molecule has 1 N–H and O–H groups in total. The van der Waals surface area contributed by atoms with Crippen molar-refractivity contribution >= 4 is 35.1 Å². The summed E-state index contributed by atoms with van der Waals surface area (Å²) in [5, 5.41) is 3.09. The van der Waals surface area contributed by atoms with Gasteiger partial charge >= 0.3 is 5.97 Å². The third-order valence-corrected chi connectivity index (χ3v) is 2.94. The van der Waals surface area contributed by atoms with Crippen LogP contribution in [-0.4, -0.2) is 25.0 Å². The number of hydrogen-bond donors (Lipinski definition) is 1. The van der Waals surface area contributed by atoms with Gasteiger partial charge < -0.3 is 10.1 Å². The number of carbonyl (C=O) groups is 2. The molecule has 1 amide bonds. The first kappa shape index (κ1) is 14.8. The average Bonchev–Trinajstić information content (AvgIpc) is 2.33. The van der Waals surface area contributed by atoms with Crippen molar-refractivity contribution in [3.63, 3.8) is 0 Å². The van der Waals surface area contributed by atoms with E-state index in [-0.39, 0.29) is 35.4 Å². The molecular weight excluding hydrogens is 277 g/mol. The summed E-state index contributed by atoms with van der Waals surface area (Å²) in [6.07, 6.45) is 0.123. The second-order valence-corrected chi connectivity index (χ2v) is 4.20. The van der Waals surface area contributed by atoms with Crippen molar-refractivity contribution in [3.8, 4) is 0 Å². The number of halogens is 2. The molecule has 0 unspecified atom stereocenters. The predicted octanol–water partition coefficient (Wildman–Crippen LogP) is 2.68. The Morgan fingerprint density at radius 1 is 1.33 bits per heavy atom. The van der Waals surface area contributed by atoms with Crippen molar-refractivity contribution in [2.75, 3.05) is 13.2 Å². The predicted molar refractivity (Wildman–Crippen MR) is 70.0 cm³/mol. The van der Waals surface area contributed by atoms with Gasteiger partial charge in [-0.3, -0.25) is 9.59 Å². The van der Waals surface area contributed by atoms with E-state index in [9.17, 15) is 9.59 Å². The highest BCUT2D eigenvalue weighted by Gasteiger charge is 2.12. The van der Waals surface area contributed by atoms with E-state index in [0.717, 1.165) is 0 Å². The highest BCUT2D eigenvalue weighted by atomic mass is 35.5. The van der Waals surface area contributed by atoms with Crippen LogP contribution < -0.4 is 5.32 Å². The van der Waals surface area contributed by atoms with Crippen LogP contribution in [0.5, 0.6) is 0 Å². The molecule has 98 valence electrons. The summed E-state index contributed by atoms with van der Waals surface area (Å²) in [6.45, 7) is 2.25. The van der Waals surface area contributed by atoms with Crippen molar-refractivity contribution in [2.24, 2.45) is 0 Å². The number of ether oxygens (including phenoxy) is 1. The Morgan fingerprint density at radius 2 is 2.06 bits per heavy atom. The molecule has 0 aliphatic carbocycles. The van der Waals surface area contributed by atoms with Gasteiger partial charge in [-0.15, -0.1) is 0 Å². The van der Waals surface area contributed by atoms with E-state index in [1.54, 1.807) is 25.1 Å². The van der Waals surface area contributed by atoms with E-state index in [2.05, 4.69) is 5.32 Å². The van der Waals surface area contributed by atoms with Crippen LogP contribution in [-0.2, 0) is 9.53 Å². The van der Waals surface area contributed by atoms with Crippen molar-refractivity contribution in [2.45, 2.75) is 13.3 Å². The molecule has 18 heavy (non-hydrogen) atoms. The summed E-state index contributed by atoms with van der Waals surface area (Å²) < 4.78 is 4.73. The third-order valence-electron chi connectivity index (χ3n) is 2.12. The topological polar surface area (TPSA) is 55.4 Å². The highest BCUT2D eigenvalue weighted by Crippen LogP contribution is 2.25. The third kappa shape index (κ3) is 4.20. The fraction of sp³-hybridized carbons (Fsp3) is 0.333. The molecular formula is C12H13Cl2NO3. The van der Waals surface area contributed by atoms with Crippen LogP contribution in [0.15, 0.2) is 18.2 Å². The maximum atomic E-state index is 11.8. The number of esters is 1. The lowest BCUT2D eigenvalue weighted by atomic mass is 10.2. The molecule has 0 bridgehead atoms. The van der Waals surface area contributed by atoms with Gasteiger partial charge in [0.2, 0.25) is 0 Å². The van der Waals surface area contributed by atoms with E-state index in [0.29, 0.717) is 11.6 Å². The Balaban J connectivity index is 2.51. The number of hydrogen-bond acceptors (Lipinski definition) is 3. The number of nitrogens with one attached hydrogen (secondary N) is 1. The zero-order chi connectivity index (χ0) is 13.5. The van der Waals surface area contributed by atoms with Gasteiger partial charge in [0.05, 0.1) is 28.6 Å².